The first kappa shape index (κ1) is 29.5. The highest BCUT2D eigenvalue weighted by molar-refractivity contribution is 5.87. The molecule has 6 fully saturated rings. The number of Topliss-reactive ketones (excluding diaryl/α,β-unsaturated/α-hetero) is 2. The Hall–Kier alpha value is -1.22. The Balaban J connectivity index is 0.000000137. The molecule has 3 heteroatoms. The van der Waals surface area contributed by atoms with Gasteiger partial charge in [-0.15, -0.1) is 0 Å². The third-order valence-electron chi connectivity index (χ3n) is 15.8. The highest BCUT2D eigenvalue weighted by Gasteiger charge is 2.60. The zero-order chi connectivity index (χ0) is 29.7. The van der Waals surface area contributed by atoms with E-state index in [1.54, 1.807) is 5.57 Å². The monoisotopic (exact) mass is 574 g/mol. The molecule has 0 aromatic heterocycles. The normalized spacial score (nSPS) is 52.7. The van der Waals surface area contributed by atoms with Gasteiger partial charge >= 0.3 is 0 Å². The number of carbonyl (C=O) groups excluding carboxylic acids is 2. The molecule has 0 heterocycles. The van der Waals surface area contributed by atoms with Gasteiger partial charge in [0.1, 0.15) is 11.6 Å². The van der Waals surface area contributed by atoms with Crippen LogP contribution in [0, 0.1) is 63.1 Å². The van der Waals surface area contributed by atoms with Crippen LogP contribution in [0.2, 0.25) is 0 Å². The van der Waals surface area contributed by atoms with Crippen molar-refractivity contribution in [2.75, 3.05) is 0 Å². The first-order valence-electron chi connectivity index (χ1n) is 18.0. The van der Waals surface area contributed by atoms with E-state index in [0.717, 1.165) is 81.5 Å². The van der Waals surface area contributed by atoms with Gasteiger partial charge < -0.3 is 5.11 Å². The molecule has 0 radical (unpaired) electrons. The summed E-state index contributed by atoms with van der Waals surface area (Å²) in [5.74, 6) is 6.37. The number of carbonyl (C=O) groups is 2. The number of aliphatic hydroxyl groups is 1. The van der Waals surface area contributed by atoms with Crippen molar-refractivity contribution in [1.29, 1.82) is 0 Å². The van der Waals surface area contributed by atoms with Gasteiger partial charge in [0.2, 0.25) is 0 Å². The second-order valence-electron chi connectivity index (χ2n) is 17.6. The van der Waals surface area contributed by atoms with Gasteiger partial charge in [0.25, 0.3) is 0 Å². The average molecular weight is 575 g/mol. The molecule has 0 bridgehead atoms. The average Bonchev–Trinajstić information content (AvgIpc) is 3.44. The van der Waals surface area contributed by atoms with Crippen LogP contribution >= 0.6 is 0 Å². The molecule has 8 aliphatic rings. The van der Waals surface area contributed by atoms with E-state index in [9.17, 15) is 14.7 Å². The van der Waals surface area contributed by atoms with Crippen molar-refractivity contribution in [3.05, 3.63) is 23.3 Å². The largest absolute Gasteiger partial charge is 0.393 e. The van der Waals surface area contributed by atoms with Gasteiger partial charge in [-0.1, -0.05) is 57.9 Å². The fourth-order valence-electron chi connectivity index (χ4n) is 13.0. The molecule has 0 aliphatic heterocycles. The first-order valence-corrected chi connectivity index (χ1v) is 18.0. The van der Waals surface area contributed by atoms with Crippen molar-refractivity contribution in [2.24, 2.45) is 63.1 Å². The molecule has 8 rings (SSSR count). The number of rotatable bonds is 0. The number of hydrogen-bond donors (Lipinski definition) is 1. The lowest BCUT2D eigenvalue weighted by Gasteiger charge is -2.57. The maximum absolute atomic E-state index is 12.4. The molecule has 6 unspecified atom stereocenters. The lowest BCUT2D eigenvalue weighted by atomic mass is 9.47. The minimum Gasteiger partial charge on any atom is -0.393 e. The topological polar surface area (TPSA) is 54.4 Å². The van der Waals surface area contributed by atoms with Crippen LogP contribution in [-0.2, 0) is 9.59 Å². The van der Waals surface area contributed by atoms with Crippen LogP contribution in [0.25, 0.3) is 0 Å². The summed E-state index contributed by atoms with van der Waals surface area (Å²) in [4.78, 5) is 24.8. The third kappa shape index (κ3) is 4.20. The quantitative estimate of drug-likeness (QED) is 0.294. The molecular weight excluding hydrogens is 516 g/mol. The van der Waals surface area contributed by atoms with Gasteiger partial charge in [0.05, 0.1) is 6.10 Å². The number of ketones is 2. The molecule has 3 nitrogen and oxygen atoms in total. The summed E-state index contributed by atoms with van der Waals surface area (Å²) >= 11 is 0. The highest BCUT2D eigenvalue weighted by atomic mass is 16.3. The van der Waals surface area contributed by atoms with Crippen molar-refractivity contribution in [1.82, 2.24) is 0 Å². The highest BCUT2D eigenvalue weighted by Crippen LogP contribution is 2.65. The molecule has 0 spiro atoms. The van der Waals surface area contributed by atoms with Crippen LogP contribution in [0.5, 0.6) is 0 Å². The smallest absolute Gasteiger partial charge is 0.139 e. The van der Waals surface area contributed by atoms with Crippen LogP contribution in [0.15, 0.2) is 23.3 Å². The minimum atomic E-state index is -0.122. The summed E-state index contributed by atoms with van der Waals surface area (Å²) in [6.45, 7) is 11.9. The predicted molar refractivity (Wildman–Crippen MR) is 169 cm³/mol. The summed E-state index contributed by atoms with van der Waals surface area (Å²) < 4.78 is 0. The van der Waals surface area contributed by atoms with Crippen molar-refractivity contribution < 1.29 is 14.7 Å². The Kier molecular flexibility index (Phi) is 7.13. The van der Waals surface area contributed by atoms with E-state index >= 15 is 0 Å². The van der Waals surface area contributed by atoms with E-state index in [2.05, 4.69) is 46.8 Å². The SMILES string of the molecule is C[C@H]1CC[C@@]2(C)C(=CCC3C2CC[C@]2(C)C(=O)CCC32)C1.C[C@]12CC[C@H](O)CC1=CCC1C2CC[C@]2(C)C(=O)CCC12. The molecule has 0 amide bonds. The molecule has 0 saturated heterocycles. The first-order chi connectivity index (χ1) is 19.9. The van der Waals surface area contributed by atoms with Gasteiger partial charge in [-0.25, -0.2) is 0 Å². The van der Waals surface area contributed by atoms with Crippen molar-refractivity contribution in [3.8, 4) is 0 Å². The zero-order valence-electron chi connectivity index (χ0n) is 27.4. The fourth-order valence-corrected chi connectivity index (χ4v) is 13.0. The number of aliphatic hydroxyl groups excluding tert-OH is 1. The van der Waals surface area contributed by atoms with E-state index in [-0.39, 0.29) is 16.9 Å². The van der Waals surface area contributed by atoms with E-state index in [4.69, 9.17) is 0 Å². The van der Waals surface area contributed by atoms with E-state index in [0.29, 0.717) is 40.2 Å². The Morgan fingerprint density at radius 2 is 1.02 bits per heavy atom. The Morgan fingerprint density at radius 1 is 0.595 bits per heavy atom. The van der Waals surface area contributed by atoms with Gasteiger partial charge in [-0.3, -0.25) is 9.59 Å². The van der Waals surface area contributed by atoms with Gasteiger partial charge in [-0.05, 0) is 142 Å². The number of hydrogen-bond acceptors (Lipinski definition) is 3. The molecule has 42 heavy (non-hydrogen) atoms. The number of allylic oxidation sites excluding steroid dienone is 3. The summed E-state index contributed by atoms with van der Waals surface area (Å²) in [5, 5.41) is 10.00. The summed E-state index contributed by atoms with van der Waals surface area (Å²) in [6.07, 6.45) is 23.2. The minimum absolute atomic E-state index is 0.0168. The summed E-state index contributed by atoms with van der Waals surface area (Å²) in [5.41, 5.74) is 4.07. The standard InChI is InChI=1S/C20H30O.C19H28O2/c1-13-8-10-19(2)14(12-13)4-5-15-16-6-7-18(21)20(16,3)11-9-17(15)19;1-18-9-7-13(20)11-12(18)3-4-14-15-5-6-17(21)19(15,2)10-8-16(14)18/h4,13,15-17H,5-12H2,1-3H3;3,13-16,20H,4-11H2,1-2H3/t13-,15?,16?,17?,19-,20-;13-,14?,15?,16?,18-,19-/m00/s1. The van der Waals surface area contributed by atoms with Crippen LogP contribution in [0.3, 0.4) is 0 Å². The number of fused-ring (bicyclic) bond motifs is 10. The lowest BCUT2D eigenvalue weighted by molar-refractivity contribution is -0.132. The van der Waals surface area contributed by atoms with Crippen LogP contribution in [-0.4, -0.2) is 22.8 Å². The summed E-state index contributed by atoms with van der Waals surface area (Å²) in [6, 6.07) is 0. The van der Waals surface area contributed by atoms with Crippen molar-refractivity contribution in [3.63, 3.8) is 0 Å². The van der Waals surface area contributed by atoms with Crippen molar-refractivity contribution >= 4 is 11.6 Å². The Bertz CT molecular complexity index is 1100. The van der Waals surface area contributed by atoms with Crippen molar-refractivity contribution in [2.45, 2.75) is 143 Å². The Morgan fingerprint density at radius 3 is 1.55 bits per heavy atom. The molecule has 0 aromatic rings. The predicted octanol–water partition coefficient (Wildman–Crippen LogP) is 9.03. The lowest BCUT2D eigenvalue weighted by Crippen LogP contribution is -2.50. The van der Waals surface area contributed by atoms with Crippen LogP contribution in [0.4, 0.5) is 0 Å². The Labute approximate surface area is 255 Å². The van der Waals surface area contributed by atoms with Crippen LogP contribution < -0.4 is 0 Å². The second-order valence-corrected chi connectivity index (χ2v) is 17.6. The van der Waals surface area contributed by atoms with Crippen LogP contribution in [0.1, 0.15) is 137 Å². The molecular formula is C39H58O3. The van der Waals surface area contributed by atoms with E-state index in [1.807, 2.05) is 0 Å². The molecule has 8 aliphatic carbocycles. The molecule has 232 valence electrons. The molecule has 6 saturated carbocycles. The van der Waals surface area contributed by atoms with E-state index in [1.165, 1.54) is 50.5 Å². The molecule has 12 atom stereocenters. The second kappa shape index (κ2) is 10.1. The van der Waals surface area contributed by atoms with Gasteiger partial charge in [-0.2, -0.15) is 0 Å². The third-order valence-corrected chi connectivity index (χ3v) is 15.8. The fraction of sp³-hybridized carbons (Fsp3) is 0.846. The maximum atomic E-state index is 12.4. The molecule has 1 N–H and O–H groups in total. The molecule has 0 aromatic carbocycles. The zero-order valence-corrected chi connectivity index (χ0v) is 27.4. The maximum Gasteiger partial charge on any atom is 0.139 e. The van der Waals surface area contributed by atoms with Gasteiger partial charge in [0.15, 0.2) is 0 Å². The summed E-state index contributed by atoms with van der Waals surface area (Å²) in [7, 11) is 0. The van der Waals surface area contributed by atoms with E-state index < -0.39 is 0 Å². The van der Waals surface area contributed by atoms with Gasteiger partial charge in [0, 0.05) is 23.7 Å².